The summed E-state index contributed by atoms with van der Waals surface area (Å²) in [6.45, 7) is 5.08. The van der Waals surface area contributed by atoms with Crippen LogP contribution in [0, 0.1) is 0 Å². The van der Waals surface area contributed by atoms with Gasteiger partial charge in [0.25, 0.3) is 5.60 Å². The van der Waals surface area contributed by atoms with Gasteiger partial charge in [-0.05, 0) is 51.1 Å². The van der Waals surface area contributed by atoms with Crippen LogP contribution in [0.25, 0.3) is 0 Å². The van der Waals surface area contributed by atoms with Gasteiger partial charge in [-0.15, -0.1) is 0 Å². The molecule has 2 N–H and O–H groups in total. The van der Waals surface area contributed by atoms with Crippen LogP contribution in [0.15, 0.2) is 41.6 Å². The van der Waals surface area contributed by atoms with Crippen LogP contribution in [-0.2, 0) is 15.2 Å². The molecule has 0 radical (unpaired) electrons. The molecule has 2 aromatic carbocycles. The number of anilines is 1. The molecule has 6 nitrogen and oxygen atoms in total. The summed E-state index contributed by atoms with van der Waals surface area (Å²) in [5.41, 5.74) is 1.67. The number of oxime groups is 1. The second-order valence-electron chi connectivity index (χ2n) is 8.24. The molecule has 1 heterocycles. The Labute approximate surface area is 202 Å². The second-order valence-corrected chi connectivity index (χ2v) is 9.52. The number of carbonyl (C=O) groups excluding carboxylic acids is 1. The van der Waals surface area contributed by atoms with Crippen molar-refractivity contribution >= 4 is 52.3 Å². The number of amides is 1. The first-order valence-corrected chi connectivity index (χ1v) is 10.7. The molecule has 1 aliphatic rings. The van der Waals surface area contributed by atoms with Crippen molar-refractivity contribution in [3.8, 4) is 0 Å². The highest BCUT2D eigenvalue weighted by Gasteiger charge is 2.62. The number of nitrogens with zero attached hydrogens (tertiary/aromatic N) is 1. The molecule has 1 amide bonds. The van der Waals surface area contributed by atoms with Gasteiger partial charge < -0.3 is 9.57 Å². The Morgan fingerprint density at radius 3 is 2.30 bits per heavy atom. The summed E-state index contributed by atoms with van der Waals surface area (Å²) in [4.78, 5) is 16.9. The molecular weight excluding hydrogens is 506 g/mol. The summed E-state index contributed by atoms with van der Waals surface area (Å²) in [6, 6.07) is 7.96. The predicted octanol–water partition coefficient (Wildman–Crippen LogP) is 7.08. The van der Waals surface area contributed by atoms with Crippen LogP contribution in [0.2, 0.25) is 15.1 Å². The zero-order chi connectivity index (χ0) is 24.6. The van der Waals surface area contributed by atoms with E-state index >= 15 is 0 Å². The van der Waals surface area contributed by atoms with Crippen LogP contribution in [0.3, 0.4) is 0 Å². The highest BCUT2D eigenvalue weighted by atomic mass is 35.5. The van der Waals surface area contributed by atoms with Crippen molar-refractivity contribution < 1.29 is 27.5 Å². The summed E-state index contributed by atoms with van der Waals surface area (Å²) in [5.74, 6) is 0. The maximum atomic E-state index is 14.2. The number of alkyl halides is 3. The van der Waals surface area contributed by atoms with Crippen molar-refractivity contribution in [1.82, 2.24) is 5.43 Å². The molecule has 0 saturated heterocycles. The number of nitrogens with one attached hydrogen (secondary N) is 2. The van der Waals surface area contributed by atoms with E-state index in [4.69, 9.17) is 44.4 Å². The Morgan fingerprint density at radius 2 is 1.73 bits per heavy atom. The van der Waals surface area contributed by atoms with E-state index in [1.165, 1.54) is 24.3 Å². The summed E-state index contributed by atoms with van der Waals surface area (Å²) >= 11 is 18.0. The Balaban J connectivity index is 1.86. The molecule has 12 heteroatoms. The average molecular weight is 525 g/mol. The van der Waals surface area contributed by atoms with Crippen LogP contribution in [0.5, 0.6) is 0 Å². The molecule has 2 aromatic rings. The first-order valence-electron chi connectivity index (χ1n) is 9.53. The Kier molecular flexibility index (Phi) is 6.98. The Bertz CT molecular complexity index is 1080. The topological polar surface area (TPSA) is 72.0 Å². The van der Waals surface area contributed by atoms with E-state index in [1.54, 1.807) is 20.8 Å². The number of rotatable bonds is 4. The lowest BCUT2D eigenvalue weighted by Crippen LogP contribution is -2.42. The molecule has 0 aliphatic carbocycles. The highest BCUT2D eigenvalue weighted by molar-refractivity contribution is 6.34. The van der Waals surface area contributed by atoms with E-state index < -0.39 is 29.9 Å². The second kappa shape index (κ2) is 9.12. The zero-order valence-electron chi connectivity index (χ0n) is 17.6. The lowest BCUT2D eigenvalue weighted by Gasteiger charge is -2.29. The predicted molar refractivity (Wildman–Crippen MR) is 121 cm³/mol. The monoisotopic (exact) mass is 523 g/mol. The third-order valence-electron chi connectivity index (χ3n) is 4.51. The molecule has 178 valence electrons. The number of halogens is 6. The molecule has 0 spiro atoms. The maximum absolute atomic E-state index is 14.2. The van der Waals surface area contributed by atoms with Crippen molar-refractivity contribution in [3.05, 3.63) is 62.6 Å². The van der Waals surface area contributed by atoms with Gasteiger partial charge in [-0.1, -0.05) is 46.0 Å². The van der Waals surface area contributed by atoms with E-state index in [2.05, 4.69) is 16.0 Å². The smallest absolute Gasteiger partial charge is 0.435 e. The van der Waals surface area contributed by atoms with Gasteiger partial charge in [-0.2, -0.15) is 13.2 Å². The van der Waals surface area contributed by atoms with Crippen LogP contribution in [0.4, 0.5) is 23.7 Å². The Hall–Kier alpha value is -2.36. The van der Waals surface area contributed by atoms with Gasteiger partial charge in [0, 0.05) is 27.6 Å². The summed E-state index contributed by atoms with van der Waals surface area (Å²) in [7, 11) is 0. The van der Waals surface area contributed by atoms with E-state index in [-0.39, 0.29) is 32.0 Å². The summed E-state index contributed by atoms with van der Waals surface area (Å²) in [6.07, 6.45) is -6.22. The lowest BCUT2D eigenvalue weighted by atomic mass is 9.86. The maximum Gasteiger partial charge on any atom is 0.435 e. The van der Waals surface area contributed by atoms with Crippen LogP contribution in [0.1, 0.15) is 38.3 Å². The van der Waals surface area contributed by atoms with Gasteiger partial charge in [0.2, 0.25) is 0 Å². The summed E-state index contributed by atoms with van der Waals surface area (Å²) in [5, 5.41) is 3.97. The molecule has 0 bridgehead atoms. The minimum Gasteiger partial charge on any atom is -0.443 e. The fourth-order valence-corrected chi connectivity index (χ4v) is 3.76. The number of hydrogen-bond donors (Lipinski definition) is 2. The molecule has 3 rings (SSSR count). The molecule has 0 saturated carbocycles. The number of hydrogen-bond acceptors (Lipinski definition) is 5. The standard InChI is InChI=1S/C21H19Cl3F3N3O3/c1-19(2,3)32-18(31)29-28-16-6-11(4-5-15(16)24)17-10-20(33-30-17,21(25,26)27)12-7-13(22)9-14(23)8-12/h4-9,28H,10H2,1-3H3,(H,29,31). The molecule has 33 heavy (non-hydrogen) atoms. The SMILES string of the molecule is CC(C)(C)OC(=O)NNc1cc(C2=NOC(c3cc(Cl)cc(Cl)c3)(C(F)(F)F)C2)ccc1Cl. The van der Waals surface area contributed by atoms with E-state index in [0.29, 0.717) is 5.56 Å². The van der Waals surface area contributed by atoms with Crippen LogP contribution in [-0.4, -0.2) is 23.6 Å². The van der Waals surface area contributed by atoms with Gasteiger partial charge in [-0.25, -0.2) is 10.2 Å². The van der Waals surface area contributed by atoms with Gasteiger partial charge in [0.05, 0.1) is 16.4 Å². The van der Waals surface area contributed by atoms with Crippen LogP contribution < -0.4 is 10.9 Å². The largest absolute Gasteiger partial charge is 0.443 e. The fraction of sp³-hybridized carbons (Fsp3) is 0.333. The molecule has 1 aliphatic heterocycles. The summed E-state index contributed by atoms with van der Waals surface area (Å²) < 4.78 is 47.6. The first-order chi connectivity index (χ1) is 15.2. The lowest BCUT2D eigenvalue weighted by molar-refractivity contribution is -0.275. The van der Waals surface area contributed by atoms with Gasteiger partial charge in [-0.3, -0.25) is 5.43 Å². The number of benzene rings is 2. The molecule has 0 aromatic heterocycles. The normalized spacial score (nSPS) is 18.4. The van der Waals surface area contributed by atoms with Crippen molar-refractivity contribution in [2.24, 2.45) is 5.16 Å². The van der Waals surface area contributed by atoms with Gasteiger partial charge in [0.1, 0.15) is 5.60 Å². The number of ether oxygens (including phenoxy) is 1. The van der Waals surface area contributed by atoms with E-state index in [1.807, 2.05) is 0 Å². The third-order valence-corrected chi connectivity index (χ3v) is 5.28. The molecular formula is C21H19Cl3F3N3O3. The average Bonchev–Trinajstić information content (AvgIpc) is 3.12. The number of carbonyl (C=O) groups is 1. The minimum absolute atomic E-state index is 0.0143. The van der Waals surface area contributed by atoms with Crippen molar-refractivity contribution in [1.29, 1.82) is 0 Å². The first kappa shape index (κ1) is 25.3. The molecule has 0 fully saturated rings. The minimum atomic E-state index is -4.82. The highest BCUT2D eigenvalue weighted by Crippen LogP contribution is 2.49. The third kappa shape index (κ3) is 5.77. The molecule has 1 unspecified atom stereocenters. The van der Waals surface area contributed by atoms with Crippen molar-refractivity contribution in [2.45, 2.75) is 44.6 Å². The van der Waals surface area contributed by atoms with Gasteiger partial charge >= 0.3 is 12.3 Å². The van der Waals surface area contributed by atoms with E-state index in [9.17, 15) is 18.0 Å². The van der Waals surface area contributed by atoms with Crippen molar-refractivity contribution in [3.63, 3.8) is 0 Å². The van der Waals surface area contributed by atoms with E-state index in [0.717, 1.165) is 12.1 Å². The van der Waals surface area contributed by atoms with Gasteiger partial charge in [0.15, 0.2) is 0 Å². The van der Waals surface area contributed by atoms with Crippen molar-refractivity contribution in [2.75, 3.05) is 5.43 Å². The fourth-order valence-electron chi connectivity index (χ4n) is 3.07. The number of hydrazine groups is 1. The molecule has 1 atom stereocenters. The van der Waals surface area contributed by atoms with Crippen LogP contribution >= 0.6 is 34.8 Å². The Morgan fingerprint density at radius 1 is 1.09 bits per heavy atom. The zero-order valence-corrected chi connectivity index (χ0v) is 19.9. The quantitative estimate of drug-likeness (QED) is 0.419.